The Hall–Kier alpha value is -0.950. The van der Waals surface area contributed by atoms with E-state index in [0.717, 1.165) is 11.3 Å². The molecule has 0 saturated carbocycles. The Morgan fingerprint density at radius 1 is 1.45 bits per heavy atom. The van der Waals surface area contributed by atoms with Gasteiger partial charge in [-0.3, -0.25) is 0 Å². The van der Waals surface area contributed by atoms with Crippen molar-refractivity contribution in [1.29, 1.82) is 0 Å². The number of halogens is 1. The second kappa shape index (κ2) is 3.44. The minimum atomic E-state index is 0.715. The van der Waals surface area contributed by atoms with Crippen molar-refractivity contribution in [3.63, 3.8) is 0 Å². The third-order valence-electron chi connectivity index (χ3n) is 1.40. The molecule has 1 aromatic rings. The summed E-state index contributed by atoms with van der Waals surface area (Å²) in [6.45, 7) is 1.94. The molecule has 0 heterocycles. The fraction of sp³-hybridized carbons (Fsp3) is 0.111. The van der Waals surface area contributed by atoms with Crippen LogP contribution in [0.15, 0.2) is 24.3 Å². The molecule has 0 saturated heterocycles. The summed E-state index contributed by atoms with van der Waals surface area (Å²) in [4.78, 5) is 0. The van der Waals surface area contributed by atoms with E-state index >= 15 is 0 Å². The van der Waals surface area contributed by atoms with Crippen LogP contribution in [0.1, 0.15) is 12.5 Å². The van der Waals surface area contributed by atoms with Crippen LogP contribution in [-0.4, -0.2) is 0 Å². The molecule has 0 amide bonds. The normalized spacial score (nSPS) is 10.7. The van der Waals surface area contributed by atoms with Gasteiger partial charge >= 0.3 is 0 Å². The van der Waals surface area contributed by atoms with E-state index in [0.29, 0.717) is 5.02 Å². The van der Waals surface area contributed by atoms with Crippen LogP contribution in [0.25, 0.3) is 6.08 Å². The maximum atomic E-state index is 5.76. The highest BCUT2D eigenvalue weighted by molar-refractivity contribution is 6.30. The van der Waals surface area contributed by atoms with Gasteiger partial charge in [-0.05, 0) is 30.7 Å². The Morgan fingerprint density at radius 2 is 2.18 bits per heavy atom. The summed E-state index contributed by atoms with van der Waals surface area (Å²) in [7, 11) is 0. The van der Waals surface area contributed by atoms with Gasteiger partial charge in [0.05, 0.1) is 0 Å². The molecule has 58 valence electrons. The van der Waals surface area contributed by atoms with Gasteiger partial charge in [0, 0.05) is 10.7 Å². The summed E-state index contributed by atoms with van der Waals surface area (Å²) in [5.74, 6) is 0. The fourth-order valence-corrected chi connectivity index (χ4v) is 1.05. The molecule has 0 aliphatic carbocycles. The molecule has 2 N–H and O–H groups in total. The zero-order valence-electron chi connectivity index (χ0n) is 6.34. The van der Waals surface area contributed by atoms with E-state index in [9.17, 15) is 0 Å². The highest BCUT2D eigenvalue weighted by Gasteiger charge is 1.94. The van der Waals surface area contributed by atoms with Gasteiger partial charge in [-0.1, -0.05) is 23.8 Å². The first-order valence-corrected chi connectivity index (χ1v) is 3.79. The van der Waals surface area contributed by atoms with Gasteiger partial charge in [-0.15, -0.1) is 0 Å². The molecule has 1 rings (SSSR count). The van der Waals surface area contributed by atoms with Gasteiger partial charge < -0.3 is 5.73 Å². The molecule has 0 spiro atoms. The second-order valence-electron chi connectivity index (χ2n) is 2.27. The van der Waals surface area contributed by atoms with Crippen molar-refractivity contribution in [3.8, 4) is 0 Å². The lowest BCUT2D eigenvalue weighted by atomic mass is 10.2. The van der Waals surface area contributed by atoms with Gasteiger partial charge in [-0.25, -0.2) is 0 Å². The zero-order valence-corrected chi connectivity index (χ0v) is 7.10. The van der Waals surface area contributed by atoms with Crippen molar-refractivity contribution < 1.29 is 0 Å². The van der Waals surface area contributed by atoms with E-state index in [-0.39, 0.29) is 0 Å². The van der Waals surface area contributed by atoms with Gasteiger partial charge in [0.25, 0.3) is 0 Å². The summed E-state index contributed by atoms with van der Waals surface area (Å²) in [6.07, 6.45) is 3.86. The Kier molecular flexibility index (Phi) is 2.55. The smallest absolute Gasteiger partial charge is 0.0413 e. The molecule has 0 fully saturated rings. The van der Waals surface area contributed by atoms with Crippen LogP contribution in [0.4, 0.5) is 5.69 Å². The standard InChI is InChI=1S/C9H10ClN/c1-2-3-7-6-8(10)4-5-9(7)11/h2-6H,11H2,1H3/b3-2-. The summed E-state index contributed by atoms with van der Waals surface area (Å²) < 4.78 is 0. The predicted molar refractivity (Wildman–Crippen MR) is 50.6 cm³/mol. The van der Waals surface area contributed by atoms with Crippen LogP contribution in [-0.2, 0) is 0 Å². The van der Waals surface area contributed by atoms with Crippen LogP contribution in [0, 0.1) is 0 Å². The number of hydrogen-bond donors (Lipinski definition) is 1. The third kappa shape index (κ3) is 1.99. The molecular weight excluding hydrogens is 158 g/mol. The predicted octanol–water partition coefficient (Wildman–Crippen LogP) is 2.96. The van der Waals surface area contributed by atoms with Crippen LogP contribution in [0.5, 0.6) is 0 Å². The summed E-state index contributed by atoms with van der Waals surface area (Å²) in [6, 6.07) is 5.43. The number of benzene rings is 1. The number of anilines is 1. The van der Waals surface area contributed by atoms with Crippen LogP contribution >= 0.6 is 11.6 Å². The third-order valence-corrected chi connectivity index (χ3v) is 1.63. The monoisotopic (exact) mass is 167 g/mol. The maximum Gasteiger partial charge on any atom is 0.0413 e. The average Bonchev–Trinajstić information content (AvgIpc) is 1.98. The van der Waals surface area contributed by atoms with E-state index in [1.807, 2.05) is 25.1 Å². The molecule has 0 atom stereocenters. The van der Waals surface area contributed by atoms with Gasteiger partial charge in [0.1, 0.15) is 0 Å². The largest absolute Gasteiger partial charge is 0.398 e. The molecule has 0 aliphatic heterocycles. The Bertz CT molecular complexity index is 279. The second-order valence-corrected chi connectivity index (χ2v) is 2.71. The molecular formula is C9H10ClN. The lowest BCUT2D eigenvalue weighted by molar-refractivity contribution is 1.62. The van der Waals surface area contributed by atoms with Crippen molar-refractivity contribution in [1.82, 2.24) is 0 Å². The van der Waals surface area contributed by atoms with E-state index in [1.54, 1.807) is 12.1 Å². The molecule has 0 bridgehead atoms. The minimum Gasteiger partial charge on any atom is -0.398 e. The minimum absolute atomic E-state index is 0.715. The lowest BCUT2D eigenvalue weighted by Gasteiger charge is -1.99. The van der Waals surface area contributed by atoms with Crippen LogP contribution in [0.2, 0.25) is 5.02 Å². The lowest BCUT2D eigenvalue weighted by Crippen LogP contribution is -1.87. The molecule has 11 heavy (non-hydrogen) atoms. The first-order chi connectivity index (χ1) is 5.24. The maximum absolute atomic E-state index is 5.76. The summed E-state index contributed by atoms with van der Waals surface area (Å²) in [5, 5.41) is 0.715. The van der Waals surface area contributed by atoms with E-state index in [4.69, 9.17) is 17.3 Å². The number of nitrogen functional groups attached to an aromatic ring is 1. The average molecular weight is 168 g/mol. The molecule has 0 unspecified atom stereocenters. The molecule has 0 aliphatic rings. The van der Waals surface area contributed by atoms with Gasteiger partial charge in [0.2, 0.25) is 0 Å². The summed E-state index contributed by atoms with van der Waals surface area (Å²) >= 11 is 5.76. The van der Waals surface area contributed by atoms with Crippen molar-refractivity contribution in [2.75, 3.05) is 5.73 Å². The quantitative estimate of drug-likeness (QED) is 0.640. The first kappa shape index (κ1) is 8.15. The summed E-state index contributed by atoms with van der Waals surface area (Å²) in [5.41, 5.74) is 7.39. The van der Waals surface area contributed by atoms with Gasteiger partial charge in [0.15, 0.2) is 0 Å². The SMILES string of the molecule is C/C=C\c1cc(Cl)ccc1N. The van der Waals surface area contributed by atoms with Crippen LogP contribution < -0.4 is 5.73 Å². The Morgan fingerprint density at radius 3 is 2.82 bits per heavy atom. The fourth-order valence-electron chi connectivity index (χ4n) is 0.870. The number of allylic oxidation sites excluding steroid dienone is 1. The van der Waals surface area contributed by atoms with Crippen molar-refractivity contribution >= 4 is 23.4 Å². The molecule has 0 radical (unpaired) electrons. The number of hydrogen-bond acceptors (Lipinski definition) is 1. The molecule has 1 nitrogen and oxygen atoms in total. The van der Waals surface area contributed by atoms with Crippen LogP contribution in [0.3, 0.4) is 0 Å². The highest BCUT2D eigenvalue weighted by Crippen LogP contribution is 2.18. The molecule has 0 aromatic heterocycles. The molecule has 1 aromatic carbocycles. The van der Waals surface area contributed by atoms with Crippen molar-refractivity contribution in [3.05, 3.63) is 34.9 Å². The van der Waals surface area contributed by atoms with Crippen molar-refractivity contribution in [2.24, 2.45) is 0 Å². The highest BCUT2D eigenvalue weighted by atomic mass is 35.5. The zero-order chi connectivity index (χ0) is 8.27. The van der Waals surface area contributed by atoms with E-state index in [2.05, 4.69) is 0 Å². The Balaban J connectivity index is 3.12. The topological polar surface area (TPSA) is 26.0 Å². The number of nitrogens with two attached hydrogens (primary N) is 1. The van der Waals surface area contributed by atoms with E-state index < -0.39 is 0 Å². The molecule has 2 heteroatoms. The Labute approximate surface area is 71.5 Å². The first-order valence-electron chi connectivity index (χ1n) is 3.42. The van der Waals surface area contributed by atoms with E-state index in [1.165, 1.54) is 0 Å². The number of rotatable bonds is 1. The van der Waals surface area contributed by atoms with Gasteiger partial charge in [-0.2, -0.15) is 0 Å². The van der Waals surface area contributed by atoms with Crippen molar-refractivity contribution in [2.45, 2.75) is 6.92 Å².